The van der Waals surface area contributed by atoms with E-state index in [-0.39, 0.29) is 17.7 Å². The fourth-order valence-electron chi connectivity index (χ4n) is 2.79. The fourth-order valence-corrected chi connectivity index (χ4v) is 3.64. The van der Waals surface area contributed by atoms with Crippen LogP contribution in [0.2, 0.25) is 0 Å². The minimum absolute atomic E-state index is 0.0221. The van der Waals surface area contributed by atoms with Gasteiger partial charge in [-0.2, -0.15) is 11.3 Å². The molecule has 2 rings (SSSR count). The van der Waals surface area contributed by atoms with Crippen molar-refractivity contribution in [1.29, 1.82) is 0 Å². The van der Waals surface area contributed by atoms with Gasteiger partial charge in [-0.15, -0.1) is 0 Å². The fraction of sp³-hybridized carbons (Fsp3) is 0.625. The van der Waals surface area contributed by atoms with Crippen LogP contribution in [0.1, 0.15) is 45.2 Å². The summed E-state index contributed by atoms with van der Waals surface area (Å²) in [6.45, 7) is 10.3. The van der Waals surface area contributed by atoms with E-state index >= 15 is 0 Å². The second-order valence-electron chi connectivity index (χ2n) is 6.38. The summed E-state index contributed by atoms with van der Waals surface area (Å²) in [7, 11) is 0. The minimum atomic E-state index is -0.785. The number of hydrogen-bond acceptors (Lipinski definition) is 3. The zero-order valence-corrected chi connectivity index (χ0v) is 14.2. The average Bonchev–Trinajstić information content (AvgIpc) is 2.80. The van der Waals surface area contributed by atoms with Crippen molar-refractivity contribution in [2.24, 2.45) is 5.92 Å². The van der Waals surface area contributed by atoms with Crippen molar-refractivity contribution in [3.05, 3.63) is 21.9 Å². The van der Waals surface area contributed by atoms with E-state index in [0.717, 1.165) is 5.56 Å². The number of carbonyl (C=O) groups excluding carboxylic acids is 2. The topological polar surface area (TPSA) is 49.4 Å². The molecule has 2 amide bonds. The van der Waals surface area contributed by atoms with Gasteiger partial charge in [0.25, 0.3) is 0 Å². The maximum Gasteiger partial charge on any atom is 0.249 e. The zero-order valence-electron chi connectivity index (χ0n) is 13.4. The molecular formula is C16H24N2O2S. The van der Waals surface area contributed by atoms with E-state index in [1.807, 2.05) is 34.6 Å². The van der Waals surface area contributed by atoms with Gasteiger partial charge in [0.2, 0.25) is 11.8 Å². The molecule has 1 aliphatic rings. The lowest BCUT2D eigenvalue weighted by Gasteiger charge is -2.45. The zero-order chi connectivity index (χ0) is 15.8. The van der Waals surface area contributed by atoms with Gasteiger partial charge in [0.1, 0.15) is 11.6 Å². The van der Waals surface area contributed by atoms with Gasteiger partial charge in [-0.3, -0.25) is 9.59 Å². The Morgan fingerprint density at radius 3 is 2.52 bits per heavy atom. The van der Waals surface area contributed by atoms with Gasteiger partial charge in [0.15, 0.2) is 0 Å². The summed E-state index contributed by atoms with van der Waals surface area (Å²) in [6, 6.07) is -0.392. The van der Waals surface area contributed by atoms with Crippen molar-refractivity contribution in [2.45, 2.75) is 59.2 Å². The van der Waals surface area contributed by atoms with E-state index in [2.05, 4.69) is 16.1 Å². The molecule has 5 heteroatoms. The summed E-state index contributed by atoms with van der Waals surface area (Å²) in [6.07, 6.45) is 0.599. The second-order valence-corrected chi connectivity index (χ2v) is 7.12. The third-order valence-electron chi connectivity index (χ3n) is 4.38. The van der Waals surface area contributed by atoms with Gasteiger partial charge in [-0.05, 0) is 48.1 Å². The van der Waals surface area contributed by atoms with Crippen molar-refractivity contribution in [3.63, 3.8) is 0 Å². The highest BCUT2D eigenvalue weighted by Gasteiger charge is 2.47. The molecule has 1 aromatic heterocycles. The van der Waals surface area contributed by atoms with Crippen molar-refractivity contribution >= 4 is 23.2 Å². The molecule has 2 atom stereocenters. The first-order chi connectivity index (χ1) is 9.80. The van der Waals surface area contributed by atoms with E-state index in [0.29, 0.717) is 13.0 Å². The molecule has 116 valence electrons. The Bertz CT molecular complexity index is 552. The summed E-state index contributed by atoms with van der Waals surface area (Å²) in [5.41, 5.74) is 1.53. The lowest BCUT2D eigenvalue weighted by atomic mass is 9.88. The summed E-state index contributed by atoms with van der Waals surface area (Å²) in [5, 5.41) is 7.06. The predicted molar refractivity (Wildman–Crippen MR) is 85.1 cm³/mol. The molecule has 21 heavy (non-hydrogen) atoms. The van der Waals surface area contributed by atoms with Gasteiger partial charge >= 0.3 is 0 Å². The summed E-state index contributed by atoms with van der Waals surface area (Å²) >= 11 is 1.63. The van der Waals surface area contributed by atoms with E-state index < -0.39 is 11.6 Å². The number of piperazine rings is 1. The van der Waals surface area contributed by atoms with Gasteiger partial charge in [0, 0.05) is 6.54 Å². The Morgan fingerprint density at radius 1 is 1.38 bits per heavy atom. The molecule has 1 N–H and O–H groups in total. The Hall–Kier alpha value is -1.36. The largest absolute Gasteiger partial charge is 0.340 e. The number of aryl methyl sites for hydroxylation is 1. The van der Waals surface area contributed by atoms with Gasteiger partial charge in [-0.1, -0.05) is 20.8 Å². The highest BCUT2D eigenvalue weighted by atomic mass is 32.1. The van der Waals surface area contributed by atoms with Crippen LogP contribution in [0.25, 0.3) is 0 Å². The standard InChI is InChI=1S/C16H24N2O2S/c1-6-16(5)15(20)18(7-12-9-21-8-11(12)4)13(10(2)3)14(19)17-16/h8-10,13H,6-7H2,1-5H3,(H,17,19). The molecule has 2 unspecified atom stereocenters. The van der Waals surface area contributed by atoms with Crippen LogP contribution in [0.3, 0.4) is 0 Å². The first-order valence-corrected chi connectivity index (χ1v) is 8.39. The number of nitrogens with one attached hydrogen (secondary N) is 1. The first kappa shape index (κ1) is 16.0. The normalized spacial score (nSPS) is 26.4. The van der Waals surface area contributed by atoms with E-state index in [1.54, 1.807) is 16.2 Å². The molecule has 0 saturated carbocycles. The molecule has 1 aliphatic heterocycles. The predicted octanol–water partition coefficient (Wildman–Crippen LogP) is 2.71. The van der Waals surface area contributed by atoms with Crippen LogP contribution >= 0.6 is 11.3 Å². The molecule has 1 saturated heterocycles. The smallest absolute Gasteiger partial charge is 0.249 e. The van der Waals surface area contributed by atoms with Crippen molar-refractivity contribution in [2.75, 3.05) is 0 Å². The molecule has 0 bridgehead atoms. The summed E-state index contributed by atoms with van der Waals surface area (Å²) in [4.78, 5) is 27.1. The molecular weight excluding hydrogens is 284 g/mol. The van der Waals surface area contributed by atoms with Crippen LogP contribution in [0, 0.1) is 12.8 Å². The maximum atomic E-state index is 12.9. The maximum absolute atomic E-state index is 12.9. The Kier molecular flexibility index (Phi) is 4.42. The average molecular weight is 308 g/mol. The lowest BCUT2D eigenvalue weighted by Crippen LogP contribution is -2.69. The number of amides is 2. The number of nitrogens with zero attached hydrogens (tertiary/aromatic N) is 1. The second kappa shape index (κ2) is 5.79. The molecule has 0 aromatic carbocycles. The molecule has 0 radical (unpaired) electrons. The van der Waals surface area contributed by atoms with E-state index in [4.69, 9.17) is 0 Å². The van der Waals surface area contributed by atoms with Gasteiger partial charge < -0.3 is 10.2 Å². The van der Waals surface area contributed by atoms with Crippen molar-refractivity contribution in [3.8, 4) is 0 Å². The van der Waals surface area contributed by atoms with Crippen molar-refractivity contribution < 1.29 is 9.59 Å². The number of thiophene rings is 1. The molecule has 0 spiro atoms. The monoisotopic (exact) mass is 308 g/mol. The van der Waals surface area contributed by atoms with Crippen LogP contribution in [0.4, 0.5) is 0 Å². The van der Waals surface area contributed by atoms with E-state index in [9.17, 15) is 9.59 Å². The Balaban J connectivity index is 2.37. The van der Waals surface area contributed by atoms with Crippen LogP contribution in [0.15, 0.2) is 10.8 Å². The Morgan fingerprint density at radius 2 is 2.05 bits per heavy atom. The third-order valence-corrected chi connectivity index (χ3v) is 5.29. The van der Waals surface area contributed by atoms with Crippen molar-refractivity contribution in [1.82, 2.24) is 10.2 Å². The summed E-state index contributed by atoms with van der Waals surface area (Å²) < 4.78 is 0. The van der Waals surface area contributed by atoms with E-state index in [1.165, 1.54) is 5.56 Å². The SMILES string of the molecule is CCC1(C)NC(=O)C(C(C)C)N(Cc2cscc2C)C1=O. The quantitative estimate of drug-likeness (QED) is 0.930. The third kappa shape index (κ3) is 2.84. The van der Waals surface area contributed by atoms with Crippen LogP contribution < -0.4 is 5.32 Å². The number of rotatable bonds is 4. The summed E-state index contributed by atoms with van der Waals surface area (Å²) in [5.74, 6) is 0.0741. The lowest BCUT2D eigenvalue weighted by molar-refractivity contribution is -0.157. The molecule has 1 fully saturated rings. The highest BCUT2D eigenvalue weighted by molar-refractivity contribution is 7.08. The van der Waals surface area contributed by atoms with Crippen LogP contribution in [-0.2, 0) is 16.1 Å². The van der Waals surface area contributed by atoms with Crippen LogP contribution in [-0.4, -0.2) is 28.3 Å². The highest BCUT2D eigenvalue weighted by Crippen LogP contribution is 2.28. The molecule has 2 heterocycles. The van der Waals surface area contributed by atoms with Crippen LogP contribution in [0.5, 0.6) is 0 Å². The minimum Gasteiger partial charge on any atom is -0.340 e. The molecule has 1 aromatic rings. The first-order valence-electron chi connectivity index (χ1n) is 7.45. The van der Waals surface area contributed by atoms with Gasteiger partial charge in [-0.25, -0.2) is 0 Å². The number of hydrogen-bond donors (Lipinski definition) is 1. The Labute approximate surface area is 130 Å². The number of carbonyl (C=O) groups is 2. The molecule has 4 nitrogen and oxygen atoms in total. The molecule has 0 aliphatic carbocycles. The van der Waals surface area contributed by atoms with Gasteiger partial charge in [0.05, 0.1) is 0 Å².